The number of aromatic nitrogens is 3. The van der Waals surface area contributed by atoms with Crippen molar-refractivity contribution in [2.24, 2.45) is 11.7 Å². The van der Waals surface area contributed by atoms with Crippen molar-refractivity contribution in [3.8, 4) is 0 Å². The van der Waals surface area contributed by atoms with Gasteiger partial charge in [-0.1, -0.05) is 32.0 Å². The first kappa shape index (κ1) is 29.7. The number of benzene rings is 1. The van der Waals surface area contributed by atoms with Gasteiger partial charge in [0.15, 0.2) is 0 Å². The highest BCUT2D eigenvalue weighted by atomic mass is 32.1. The molecule has 4 atom stereocenters. The first-order valence-electron chi connectivity index (χ1n) is 12.6. The topological polar surface area (TPSA) is 195 Å². The molecule has 3 aromatic rings. The number of para-hydroxylation sites is 1. The molecule has 0 fully saturated rings. The number of hydrogen-bond acceptors (Lipinski definition) is 7. The molecule has 3 rings (SSSR count). The molecule has 0 spiro atoms. The molecule has 8 N–H and O–H groups in total. The highest BCUT2D eigenvalue weighted by Gasteiger charge is 2.30. The fourth-order valence-electron chi connectivity index (χ4n) is 4.17. The number of amides is 3. The van der Waals surface area contributed by atoms with Crippen molar-refractivity contribution in [2.45, 2.75) is 57.3 Å². The smallest absolute Gasteiger partial charge is 0.326 e. The molecule has 13 heteroatoms. The summed E-state index contributed by atoms with van der Waals surface area (Å²) < 4.78 is 0. The average molecular weight is 558 g/mol. The summed E-state index contributed by atoms with van der Waals surface area (Å²) >= 11 is 4.19. The molecule has 4 unspecified atom stereocenters. The quantitative estimate of drug-likeness (QED) is 0.132. The lowest BCUT2D eigenvalue weighted by Crippen LogP contribution is -2.58. The van der Waals surface area contributed by atoms with Crippen LogP contribution in [0.15, 0.2) is 43.0 Å². The lowest BCUT2D eigenvalue weighted by Gasteiger charge is -2.25. The standard InChI is InChI=1S/C26H35N7O5S/c1-14(2)7-20(31-23(34)18(27)9-16-11-28-13-30-16)24(35)33-22(12-39)25(36)32-21(26(37)38)8-15-10-29-19-6-4-3-5-17(15)19/h3-6,10-11,13-14,18,20-22,29,39H,7-9,12,27H2,1-2H3,(H,28,30)(H,31,34)(H,32,36)(H,33,35)(H,37,38). The third-order valence-electron chi connectivity index (χ3n) is 6.20. The number of carboxylic acid groups (broad SMARTS) is 1. The van der Waals surface area contributed by atoms with E-state index in [0.717, 1.165) is 16.5 Å². The predicted molar refractivity (Wildman–Crippen MR) is 149 cm³/mol. The largest absolute Gasteiger partial charge is 0.480 e. The molecule has 2 heterocycles. The fourth-order valence-corrected chi connectivity index (χ4v) is 4.42. The Morgan fingerprint density at radius 3 is 2.28 bits per heavy atom. The van der Waals surface area contributed by atoms with E-state index in [2.05, 4.69) is 43.5 Å². The van der Waals surface area contributed by atoms with Gasteiger partial charge in [0.05, 0.1) is 12.4 Å². The van der Waals surface area contributed by atoms with E-state index in [1.807, 2.05) is 38.1 Å². The normalized spacial score (nSPS) is 14.4. The Bertz CT molecular complexity index is 1280. The number of aliphatic carboxylic acids is 1. The van der Waals surface area contributed by atoms with Crippen LogP contribution in [0, 0.1) is 5.92 Å². The van der Waals surface area contributed by atoms with Crippen LogP contribution >= 0.6 is 12.6 Å². The van der Waals surface area contributed by atoms with E-state index < -0.39 is 47.9 Å². The summed E-state index contributed by atoms with van der Waals surface area (Å²) in [6.45, 7) is 3.78. The molecule has 0 aliphatic rings. The number of H-pyrrole nitrogens is 2. The maximum Gasteiger partial charge on any atom is 0.326 e. The second kappa shape index (κ2) is 13.8. The molecule has 2 aromatic heterocycles. The van der Waals surface area contributed by atoms with Crippen LogP contribution in [0.25, 0.3) is 10.9 Å². The highest BCUT2D eigenvalue weighted by molar-refractivity contribution is 7.80. The van der Waals surface area contributed by atoms with E-state index in [0.29, 0.717) is 12.1 Å². The van der Waals surface area contributed by atoms with Crippen LogP contribution in [0.3, 0.4) is 0 Å². The summed E-state index contributed by atoms with van der Waals surface area (Å²) in [5.74, 6) is -3.07. The highest BCUT2D eigenvalue weighted by Crippen LogP contribution is 2.19. The minimum Gasteiger partial charge on any atom is -0.480 e. The zero-order valence-electron chi connectivity index (χ0n) is 21.8. The van der Waals surface area contributed by atoms with E-state index in [1.54, 1.807) is 12.4 Å². The number of rotatable bonds is 14. The lowest BCUT2D eigenvalue weighted by molar-refractivity contribution is -0.142. The Labute approximate surface area is 231 Å². The van der Waals surface area contributed by atoms with E-state index in [1.165, 1.54) is 6.33 Å². The second-order valence-electron chi connectivity index (χ2n) is 9.78. The van der Waals surface area contributed by atoms with Crippen LogP contribution in [-0.4, -0.2) is 73.7 Å². The summed E-state index contributed by atoms with van der Waals surface area (Å²) in [6.07, 6.45) is 5.29. The average Bonchev–Trinajstić information content (AvgIpc) is 3.55. The van der Waals surface area contributed by atoms with Crippen molar-refractivity contribution < 1.29 is 24.3 Å². The molecule has 0 saturated carbocycles. The van der Waals surface area contributed by atoms with Crippen molar-refractivity contribution in [2.75, 3.05) is 5.75 Å². The van der Waals surface area contributed by atoms with Crippen LogP contribution in [0.2, 0.25) is 0 Å². The summed E-state index contributed by atoms with van der Waals surface area (Å²) in [7, 11) is 0. The van der Waals surface area contributed by atoms with Gasteiger partial charge in [-0.3, -0.25) is 14.4 Å². The van der Waals surface area contributed by atoms with Gasteiger partial charge < -0.3 is 36.8 Å². The number of nitrogens with zero attached hydrogens (tertiary/aromatic N) is 1. The number of carbonyl (C=O) groups is 4. The molecule has 1 aromatic carbocycles. The lowest BCUT2D eigenvalue weighted by atomic mass is 10.0. The predicted octanol–water partition coefficient (Wildman–Crippen LogP) is 0.518. The van der Waals surface area contributed by atoms with Crippen molar-refractivity contribution in [1.29, 1.82) is 0 Å². The number of hydrogen-bond donors (Lipinski definition) is 8. The van der Waals surface area contributed by atoms with E-state index >= 15 is 0 Å². The van der Waals surface area contributed by atoms with Crippen LogP contribution < -0.4 is 21.7 Å². The molecule has 0 aliphatic heterocycles. The van der Waals surface area contributed by atoms with Gasteiger partial charge in [0.2, 0.25) is 17.7 Å². The number of nitrogens with two attached hydrogens (primary N) is 1. The molecule has 12 nitrogen and oxygen atoms in total. The molecular formula is C26H35N7O5S. The number of nitrogens with one attached hydrogen (secondary N) is 5. The minimum atomic E-state index is -1.23. The van der Waals surface area contributed by atoms with E-state index in [4.69, 9.17) is 5.73 Å². The number of aromatic amines is 2. The third kappa shape index (κ3) is 8.32. The summed E-state index contributed by atoms with van der Waals surface area (Å²) in [4.78, 5) is 60.7. The summed E-state index contributed by atoms with van der Waals surface area (Å²) in [5, 5.41) is 18.4. The van der Waals surface area contributed by atoms with Crippen molar-refractivity contribution in [1.82, 2.24) is 30.9 Å². The molecule has 0 saturated heterocycles. The molecule has 0 radical (unpaired) electrons. The van der Waals surface area contributed by atoms with Crippen molar-refractivity contribution >= 4 is 47.2 Å². The maximum atomic E-state index is 13.1. The number of carboxylic acids is 1. The van der Waals surface area contributed by atoms with Gasteiger partial charge in [-0.25, -0.2) is 9.78 Å². The minimum absolute atomic E-state index is 0.0403. The van der Waals surface area contributed by atoms with Gasteiger partial charge in [0.25, 0.3) is 0 Å². The van der Waals surface area contributed by atoms with Gasteiger partial charge in [0, 0.05) is 47.6 Å². The maximum absolute atomic E-state index is 13.1. The Morgan fingerprint density at radius 2 is 1.64 bits per heavy atom. The molecule has 210 valence electrons. The number of fused-ring (bicyclic) bond motifs is 1. The number of thiol groups is 1. The summed E-state index contributed by atoms with van der Waals surface area (Å²) in [6, 6.07) is 3.20. The molecule has 0 bridgehead atoms. The van der Waals surface area contributed by atoms with Crippen LogP contribution in [0.5, 0.6) is 0 Å². The van der Waals surface area contributed by atoms with E-state index in [9.17, 15) is 24.3 Å². The molecule has 39 heavy (non-hydrogen) atoms. The number of imidazole rings is 1. The first-order chi connectivity index (χ1) is 18.6. The Kier molecular flexibility index (Phi) is 10.5. The Hall–Kier alpha value is -3.84. The number of carbonyl (C=O) groups excluding carboxylic acids is 3. The zero-order chi connectivity index (χ0) is 28.5. The van der Waals surface area contributed by atoms with Crippen LogP contribution in [-0.2, 0) is 32.0 Å². The second-order valence-corrected chi connectivity index (χ2v) is 10.2. The van der Waals surface area contributed by atoms with Gasteiger partial charge in [0.1, 0.15) is 18.1 Å². The van der Waals surface area contributed by atoms with Gasteiger partial charge >= 0.3 is 5.97 Å². The zero-order valence-corrected chi connectivity index (χ0v) is 22.7. The molecule has 3 amide bonds. The van der Waals surface area contributed by atoms with Gasteiger partial charge in [-0.05, 0) is 24.0 Å². The Morgan fingerprint density at radius 1 is 0.974 bits per heavy atom. The monoisotopic (exact) mass is 557 g/mol. The molecule has 0 aliphatic carbocycles. The summed E-state index contributed by atoms with van der Waals surface area (Å²) in [5.41, 5.74) is 8.27. The third-order valence-corrected chi connectivity index (χ3v) is 6.57. The first-order valence-corrected chi connectivity index (χ1v) is 13.2. The van der Waals surface area contributed by atoms with Crippen LogP contribution in [0.1, 0.15) is 31.5 Å². The fraction of sp³-hybridized carbons (Fsp3) is 0.423. The molecular weight excluding hydrogens is 522 g/mol. The van der Waals surface area contributed by atoms with Gasteiger partial charge in [-0.15, -0.1) is 0 Å². The van der Waals surface area contributed by atoms with Crippen molar-refractivity contribution in [3.63, 3.8) is 0 Å². The van der Waals surface area contributed by atoms with Gasteiger partial charge in [-0.2, -0.15) is 12.6 Å². The SMILES string of the molecule is CC(C)CC(NC(=O)C(N)Cc1cnc[nH]1)C(=O)NC(CS)C(=O)NC(Cc1c[nH]c2ccccc12)C(=O)O. The van der Waals surface area contributed by atoms with Crippen molar-refractivity contribution in [3.05, 3.63) is 54.2 Å². The Balaban J connectivity index is 1.64. The van der Waals surface area contributed by atoms with Crippen LogP contribution in [0.4, 0.5) is 0 Å². The van der Waals surface area contributed by atoms with E-state index in [-0.39, 0.29) is 24.5 Å².